The molecule has 4 nitrogen and oxygen atoms in total. The van der Waals surface area contributed by atoms with Gasteiger partial charge in [0, 0.05) is 13.0 Å². The van der Waals surface area contributed by atoms with Crippen molar-refractivity contribution < 1.29 is 14.6 Å². The third-order valence-corrected chi connectivity index (χ3v) is 2.95. The molecule has 0 bridgehead atoms. The Hall–Kier alpha value is -1.71. The largest absolute Gasteiger partial charge is 0.495 e. The van der Waals surface area contributed by atoms with Crippen molar-refractivity contribution in [3.63, 3.8) is 0 Å². The maximum Gasteiger partial charge on any atom is 0.303 e. The van der Waals surface area contributed by atoms with Crippen molar-refractivity contribution in [3.8, 4) is 5.75 Å². The van der Waals surface area contributed by atoms with Gasteiger partial charge >= 0.3 is 5.97 Å². The van der Waals surface area contributed by atoms with Gasteiger partial charge in [-0.3, -0.25) is 4.79 Å². The summed E-state index contributed by atoms with van der Waals surface area (Å²) < 4.78 is 5.32. The molecule has 0 heterocycles. The highest BCUT2D eigenvalue weighted by atomic mass is 16.5. The number of nitrogens with one attached hydrogen (secondary N) is 1. The fourth-order valence-electron chi connectivity index (χ4n) is 1.72. The van der Waals surface area contributed by atoms with Crippen LogP contribution in [0.15, 0.2) is 12.1 Å². The van der Waals surface area contributed by atoms with Crippen molar-refractivity contribution in [1.82, 2.24) is 0 Å². The maximum absolute atomic E-state index is 10.4. The summed E-state index contributed by atoms with van der Waals surface area (Å²) in [6, 6.07) is 4.07. The molecular formula is C14H21NO3. The average Bonchev–Trinajstić information content (AvgIpc) is 2.32. The lowest BCUT2D eigenvalue weighted by molar-refractivity contribution is -0.137. The first-order valence-electron chi connectivity index (χ1n) is 6.15. The fourth-order valence-corrected chi connectivity index (χ4v) is 1.72. The molecule has 0 amide bonds. The molecule has 1 aromatic carbocycles. The Bertz CT molecular complexity index is 416. The molecule has 4 heteroatoms. The van der Waals surface area contributed by atoms with E-state index < -0.39 is 5.97 Å². The van der Waals surface area contributed by atoms with Crippen LogP contribution in [-0.2, 0) is 4.79 Å². The Morgan fingerprint density at radius 3 is 2.56 bits per heavy atom. The van der Waals surface area contributed by atoms with Gasteiger partial charge in [-0.2, -0.15) is 0 Å². The quantitative estimate of drug-likeness (QED) is 0.731. The van der Waals surface area contributed by atoms with Crippen molar-refractivity contribution in [2.24, 2.45) is 0 Å². The molecule has 100 valence electrons. The van der Waals surface area contributed by atoms with Crippen LogP contribution in [0.4, 0.5) is 5.69 Å². The van der Waals surface area contributed by atoms with Gasteiger partial charge in [0.05, 0.1) is 12.8 Å². The minimum absolute atomic E-state index is 0.228. The lowest BCUT2D eigenvalue weighted by atomic mass is 10.1. The normalized spacial score (nSPS) is 10.2. The van der Waals surface area contributed by atoms with Gasteiger partial charge in [0.15, 0.2) is 0 Å². The molecule has 18 heavy (non-hydrogen) atoms. The Morgan fingerprint density at radius 1 is 1.28 bits per heavy atom. The number of carbonyl (C=O) groups is 1. The third-order valence-electron chi connectivity index (χ3n) is 2.95. The minimum atomic E-state index is -0.737. The predicted molar refractivity (Wildman–Crippen MR) is 72.4 cm³/mol. The third kappa shape index (κ3) is 4.28. The van der Waals surface area contributed by atoms with Crippen molar-refractivity contribution >= 4 is 11.7 Å². The number of methoxy groups -OCH3 is 1. The Labute approximate surface area is 108 Å². The summed E-state index contributed by atoms with van der Waals surface area (Å²) in [5.41, 5.74) is 3.38. The van der Waals surface area contributed by atoms with Crippen LogP contribution in [0.1, 0.15) is 30.4 Å². The van der Waals surface area contributed by atoms with E-state index in [0.29, 0.717) is 6.42 Å². The SMILES string of the molecule is COc1cc(C)c(C)cc1NCCCCC(=O)O. The van der Waals surface area contributed by atoms with Crippen molar-refractivity contribution in [2.45, 2.75) is 33.1 Å². The fraction of sp³-hybridized carbons (Fsp3) is 0.500. The molecule has 0 saturated heterocycles. The molecule has 0 radical (unpaired) electrons. The number of carboxylic acids is 1. The zero-order valence-corrected chi connectivity index (χ0v) is 11.2. The second kappa shape index (κ2) is 6.89. The minimum Gasteiger partial charge on any atom is -0.495 e. The molecule has 0 saturated carbocycles. The standard InChI is InChI=1S/C14H21NO3/c1-10-8-12(13(18-3)9-11(10)2)15-7-5-4-6-14(16)17/h8-9,15H,4-7H2,1-3H3,(H,16,17). The summed E-state index contributed by atoms with van der Waals surface area (Å²) in [6.45, 7) is 4.87. The maximum atomic E-state index is 10.4. The zero-order chi connectivity index (χ0) is 13.5. The predicted octanol–water partition coefficient (Wildman–Crippen LogP) is 2.98. The smallest absolute Gasteiger partial charge is 0.303 e. The molecule has 1 aromatic rings. The highest BCUT2D eigenvalue weighted by molar-refractivity contribution is 5.66. The topological polar surface area (TPSA) is 58.6 Å². The number of aryl methyl sites for hydroxylation is 2. The van der Waals surface area contributed by atoms with E-state index in [1.807, 2.05) is 6.07 Å². The summed E-state index contributed by atoms with van der Waals surface area (Å²) in [6.07, 6.45) is 1.75. The number of unbranched alkanes of at least 4 members (excludes halogenated alkanes) is 1. The molecule has 0 aliphatic heterocycles. The van der Waals surface area contributed by atoms with E-state index in [-0.39, 0.29) is 6.42 Å². The first-order chi connectivity index (χ1) is 8.54. The summed E-state index contributed by atoms with van der Waals surface area (Å²) >= 11 is 0. The van der Waals surface area contributed by atoms with Crippen LogP contribution in [0.2, 0.25) is 0 Å². The van der Waals surface area contributed by atoms with E-state index >= 15 is 0 Å². The zero-order valence-electron chi connectivity index (χ0n) is 11.2. The number of aliphatic carboxylic acids is 1. The van der Waals surface area contributed by atoms with Gasteiger partial charge in [0.1, 0.15) is 5.75 Å². The molecule has 0 atom stereocenters. The highest BCUT2D eigenvalue weighted by Crippen LogP contribution is 2.27. The molecular weight excluding hydrogens is 230 g/mol. The van der Waals surface area contributed by atoms with Crippen LogP contribution in [0, 0.1) is 13.8 Å². The molecule has 1 rings (SSSR count). The Balaban J connectivity index is 2.51. The summed E-state index contributed by atoms with van der Waals surface area (Å²) in [7, 11) is 1.65. The van der Waals surface area contributed by atoms with Gasteiger partial charge in [-0.25, -0.2) is 0 Å². The van der Waals surface area contributed by atoms with Crippen LogP contribution in [0.3, 0.4) is 0 Å². The molecule has 0 aromatic heterocycles. The van der Waals surface area contributed by atoms with Gasteiger partial charge in [-0.15, -0.1) is 0 Å². The van der Waals surface area contributed by atoms with Gasteiger partial charge in [-0.1, -0.05) is 0 Å². The first-order valence-corrected chi connectivity index (χ1v) is 6.15. The van der Waals surface area contributed by atoms with Crippen LogP contribution in [-0.4, -0.2) is 24.7 Å². The van der Waals surface area contributed by atoms with Crippen molar-refractivity contribution in [2.75, 3.05) is 19.0 Å². The van der Waals surface area contributed by atoms with Crippen molar-refractivity contribution in [1.29, 1.82) is 0 Å². The molecule has 0 spiro atoms. The first kappa shape index (κ1) is 14.4. The second-order valence-electron chi connectivity index (χ2n) is 4.41. The van der Waals surface area contributed by atoms with E-state index in [0.717, 1.165) is 24.4 Å². The lowest BCUT2D eigenvalue weighted by Crippen LogP contribution is -2.05. The molecule has 0 aliphatic carbocycles. The summed E-state index contributed by atoms with van der Waals surface area (Å²) in [5, 5.41) is 11.8. The average molecular weight is 251 g/mol. The number of rotatable bonds is 7. The Kier molecular flexibility index (Phi) is 5.49. The van der Waals surface area contributed by atoms with E-state index in [1.54, 1.807) is 7.11 Å². The van der Waals surface area contributed by atoms with E-state index in [9.17, 15) is 4.79 Å². The number of carboxylic acid groups (broad SMARTS) is 1. The number of hydrogen-bond acceptors (Lipinski definition) is 3. The van der Waals surface area contributed by atoms with Gasteiger partial charge < -0.3 is 15.2 Å². The monoisotopic (exact) mass is 251 g/mol. The number of hydrogen-bond donors (Lipinski definition) is 2. The van der Waals surface area contributed by atoms with Gasteiger partial charge in [-0.05, 0) is 49.9 Å². The molecule has 0 aliphatic rings. The number of benzene rings is 1. The van der Waals surface area contributed by atoms with Crippen molar-refractivity contribution in [3.05, 3.63) is 23.3 Å². The van der Waals surface area contributed by atoms with Gasteiger partial charge in [0.25, 0.3) is 0 Å². The second-order valence-corrected chi connectivity index (χ2v) is 4.41. The summed E-state index contributed by atoms with van der Waals surface area (Å²) in [4.78, 5) is 10.4. The van der Waals surface area contributed by atoms with Crippen LogP contribution in [0.25, 0.3) is 0 Å². The number of anilines is 1. The van der Waals surface area contributed by atoms with Crippen LogP contribution in [0.5, 0.6) is 5.75 Å². The molecule has 0 fully saturated rings. The van der Waals surface area contributed by atoms with Gasteiger partial charge in [0.2, 0.25) is 0 Å². The Morgan fingerprint density at radius 2 is 1.94 bits per heavy atom. The van der Waals surface area contributed by atoms with Crippen LogP contribution >= 0.6 is 0 Å². The van der Waals surface area contributed by atoms with E-state index in [2.05, 4.69) is 25.2 Å². The summed E-state index contributed by atoms with van der Waals surface area (Å²) in [5.74, 6) is 0.0927. The van der Waals surface area contributed by atoms with E-state index in [1.165, 1.54) is 11.1 Å². The number of ether oxygens (including phenoxy) is 1. The molecule has 0 unspecified atom stereocenters. The molecule has 2 N–H and O–H groups in total. The van der Waals surface area contributed by atoms with E-state index in [4.69, 9.17) is 9.84 Å². The van der Waals surface area contributed by atoms with Crippen LogP contribution < -0.4 is 10.1 Å². The highest BCUT2D eigenvalue weighted by Gasteiger charge is 2.05. The lowest BCUT2D eigenvalue weighted by Gasteiger charge is -2.13.